The van der Waals surface area contributed by atoms with Gasteiger partial charge >= 0.3 is 0 Å². The Labute approximate surface area is 209 Å². The van der Waals surface area contributed by atoms with Crippen molar-refractivity contribution in [1.82, 2.24) is 15.5 Å². The highest BCUT2D eigenvalue weighted by molar-refractivity contribution is 5.95. The molecule has 1 saturated heterocycles. The fourth-order valence-electron chi connectivity index (χ4n) is 4.24. The van der Waals surface area contributed by atoms with E-state index in [9.17, 15) is 19.5 Å². The van der Waals surface area contributed by atoms with Gasteiger partial charge in [-0.2, -0.15) is 0 Å². The molecule has 36 heavy (non-hydrogen) atoms. The third-order valence-corrected chi connectivity index (χ3v) is 6.33. The Hall–Kier alpha value is -3.53. The Balaban J connectivity index is 1.49. The molecule has 2 heterocycles. The highest BCUT2D eigenvalue weighted by Gasteiger charge is 2.30. The lowest BCUT2D eigenvalue weighted by Crippen LogP contribution is -2.52. The second-order valence-electron chi connectivity index (χ2n) is 8.84. The number of fused-ring (bicyclic) bond motifs is 1. The van der Waals surface area contributed by atoms with Crippen molar-refractivity contribution in [2.24, 2.45) is 0 Å². The van der Waals surface area contributed by atoms with Gasteiger partial charge in [0.25, 0.3) is 11.8 Å². The third kappa shape index (κ3) is 6.17. The maximum Gasteiger partial charge on any atom is 0.287 e. The molecule has 190 valence electrons. The van der Waals surface area contributed by atoms with E-state index in [1.165, 1.54) is 6.92 Å². The number of carbonyl (C=O) groups excluding carboxylic acids is 2. The Bertz CT molecular complexity index is 1250. The second kappa shape index (κ2) is 11.9. The Kier molecular flexibility index (Phi) is 8.48. The molecule has 9 nitrogen and oxygen atoms in total. The standard InChI is InChI=1S/C27H31N3O6/c1-18-23(31)20-9-5-6-10-22(20)36-25(18)27(34)29-21(17-19-7-3-2-4-8-19)24(32)26(33)28-11-12-30-13-15-35-16-14-30/h2-10,21,24,32H,11-17H2,1H3,(H,28,33)(H,29,34)/t21-,24+/m0/s1. The van der Waals surface area contributed by atoms with Gasteiger partial charge in [-0.15, -0.1) is 0 Å². The van der Waals surface area contributed by atoms with E-state index in [-0.39, 0.29) is 23.2 Å². The number of rotatable bonds is 9. The normalized spacial score (nSPS) is 15.8. The van der Waals surface area contributed by atoms with Crippen LogP contribution in [0, 0.1) is 6.92 Å². The average Bonchev–Trinajstić information content (AvgIpc) is 2.91. The minimum Gasteiger partial charge on any atom is -0.450 e. The highest BCUT2D eigenvalue weighted by atomic mass is 16.5. The zero-order valence-electron chi connectivity index (χ0n) is 20.2. The van der Waals surface area contributed by atoms with Crippen LogP contribution < -0.4 is 16.1 Å². The topological polar surface area (TPSA) is 121 Å². The first-order valence-corrected chi connectivity index (χ1v) is 12.1. The van der Waals surface area contributed by atoms with Gasteiger partial charge in [-0.05, 0) is 31.0 Å². The van der Waals surface area contributed by atoms with Gasteiger partial charge < -0.3 is 24.9 Å². The van der Waals surface area contributed by atoms with Gasteiger partial charge in [-0.3, -0.25) is 19.3 Å². The van der Waals surface area contributed by atoms with Crippen LogP contribution in [0.5, 0.6) is 0 Å². The van der Waals surface area contributed by atoms with E-state index in [1.807, 2.05) is 30.3 Å². The van der Waals surface area contributed by atoms with Crippen molar-refractivity contribution in [1.29, 1.82) is 0 Å². The average molecular weight is 494 g/mol. The van der Waals surface area contributed by atoms with Gasteiger partial charge in [0.05, 0.1) is 24.6 Å². The number of nitrogens with zero attached hydrogens (tertiary/aromatic N) is 1. The number of aliphatic hydroxyl groups excluding tert-OH is 1. The molecule has 4 rings (SSSR count). The quantitative estimate of drug-likeness (QED) is 0.410. The molecule has 0 saturated carbocycles. The number of ether oxygens (including phenoxy) is 1. The van der Waals surface area contributed by atoms with Gasteiger partial charge in [-0.1, -0.05) is 42.5 Å². The largest absolute Gasteiger partial charge is 0.450 e. The summed E-state index contributed by atoms with van der Waals surface area (Å²) in [5.41, 5.74) is 0.982. The molecule has 1 aliphatic heterocycles. The second-order valence-corrected chi connectivity index (χ2v) is 8.84. The third-order valence-electron chi connectivity index (χ3n) is 6.33. The van der Waals surface area contributed by atoms with Crippen LogP contribution in [0.1, 0.15) is 21.7 Å². The number of morpholine rings is 1. The summed E-state index contributed by atoms with van der Waals surface area (Å²) >= 11 is 0. The molecule has 1 fully saturated rings. The molecule has 2 atom stereocenters. The Morgan fingerprint density at radius 2 is 1.75 bits per heavy atom. The SMILES string of the molecule is Cc1c(C(=O)N[C@@H](Cc2ccccc2)[C@@H](O)C(=O)NCCN2CCOCC2)oc2ccccc2c1=O. The van der Waals surface area contributed by atoms with Gasteiger partial charge in [0.2, 0.25) is 0 Å². The monoisotopic (exact) mass is 493 g/mol. The lowest BCUT2D eigenvalue weighted by Gasteiger charge is -2.27. The number of hydrogen-bond acceptors (Lipinski definition) is 7. The number of nitrogens with one attached hydrogen (secondary N) is 2. The van der Waals surface area contributed by atoms with Crippen molar-refractivity contribution in [2.75, 3.05) is 39.4 Å². The van der Waals surface area contributed by atoms with E-state index >= 15 is 0 Å². The first kappa shape index (κ1) is 25.6. The van der Waals surface area contributed by atoms with Gasteiger partial charge in [0, 0.05) is 31.7 Å². The molecule has 0 unspecified atom stereocenters. The Morgan fingerprint density at radius 1 is 1.06 bits per heavy atom. The molecule has 0 spiro atoms. The molecule has 2 amide bonds. The zero-order valence-corrected chi connectivity index (χ0v) is 20.2. The van der Waals surface area contributed by atoms with Crippen LogP contribution in [0.15, 0.2) is 63.8 Å². The lowest BCUT2D eigenvalue weighted by atomic mass is 10.00. The molecule has 1 aliphatic rings. The van der Waals surface area contributed by atoms with Crippen LogP contribution in [0.25, 0.3) is 11.0 Å². The van der Waals surface area contributed by atoms with Crippen LogP contribution in [-0.4, -0.2) is 73.4 Å². The predicted octanol–water partition coefficient (Wildman–Crippen LogP) is 1.25. The van der Waals surface area contributed by atoms with E-state index in [0.717, 1.165) is 18.7 Å². The van der Waals surface area contributed by atoms with Crippen molar-refractivity contribution in [2.45, 2.75) is 25.5 Å². The van der Waals surface area contributed by atoms with E-state index < -0.39 is 24.0 Å². The minimum atomic E-state index is -1.51. The number of hydrogen-bond donors (Lipinski definition) is 3. The summed E-state index contributed by atoms with van der Waals surface area (Å²) in [4.78, 5) is 40.9. The van der Waals surface area contributed by atoms with Crippen LogP contribution in [0.3, 0.4) is 0 Å². The molecular formula is C27H31N3O6. The van der Waals surface area contributed by atoms with Crippen LogP contribution in [-0.2, 0) is 16.0 Å². The van der Waals surface area contributed by atoms with Crippen LogP contribution in [0.4, 0.5) is 0 Å². The van der Waals surface area contributed by atoms with E-state index in [2.05, 4.69) is 15.5 Å². The number of carbonyl (C=O) groups is 2. The predicted molar refractivity (Wildman–Crippen MR) is 135 cm³/mol. The van der Waals surface area contributed by atoms with Crippen molar-refractivity contribution < 1.29 is 23.8 Å². The molecule has 0 radical (unpaired) electrons. The highest BCUT2D eigenvalue weighted by Crippen LogP contribution is 2.16. The van der Waals surface area contributed by atoms with Crippen LogP contribution >= 0.6 is 0 Å². The van der Waals surface area contributed by atoms with E-state index in [1.54, 1.807) is 24.3 Å². The molecule has 3 aromatic rings. The molecule has 2 aromatic carbocycles. The van der Waals surface area contributed by atoms with Crippen molar-refractivity contribution in [3.8, 4) is 0 Å². The molecule has 0 bridgehead atoms. The summed E-state index contributed by atoms with van der Waals surface area (Å²) in [6, 6.07) is 15.0. The molecule has 1 aromatic heterocycles. The number of benzene rings is 2. The summed E-state index contributed by atoms with van der Waals surface area (Å²) in [7, 11) is 0. The summed E-state index contributed by atoms with van der Waals surface area (Å²) in [5.74, 6) is -1.39. The van der Waals surface area contributed by atoms with Crippen molar-refractivity contribution >= 4 is 22.8 Å². The smallest absolute Gasteiger partial charge is 0.287 e. The first-order chi connectivity index (χ1) is 17.4. The van der Waals surface area contributed by atoms with Gasteiger partial charge in [0.1, 0.15) is 5.58 Å². The summed E-state index contributed by atoms with van der Waals surface area (Å²) < 4.78 is 11.1. The minimum absolute atomic E-state index is 0.142. The number of aliphatic hydroxyl groups is 1. The van der Waals surface area contributed by atoms with Crippen molar-refractivity contribution in [3.63, 3.8) is 0 Å². The molecular weight excluding hydrogens is 462 g/mol. The van der Waals surface area contributed by atoms with Crippen molar-refractivity contribution in [3.05, 3.63) is 81.7 Å². The van der Waals surface area contributed by atoms with E-state index in [4.69, 9.17) is 9.15 Å². The Morgan fingerprint density at radius 3 is 2.50 bits per heavy atom. The summed E-state index contributed by atoms with van der Waals surface area (Å²) in [6.07, 6.45) is -1.30. The first-order valence-electron chi connectivity index (χ1n) is 12.1. The summed E-state index contributed by atoms with van der Waals surface area (Å²) in [6.45, 7) is 5.43. The van der Waals surface area contributed by atoms with E-state index in [0.29, 0.717) is 37.3 Å². The maximum absolute atomic E-state index is 13.2. The maximum atomic E-state index is 13.2. The lowest BCUT2D eigenvalue weighted by molar-refractivity contribution is -0.130. The van der Waals surface area contributed by atoms with Gasteiger partial charge in [0.15, 0.2) is 17.3 Å². The summed E-state index contributed by atoms with van der Waals surface area (Å²) in [5, 5.41) is 16.8. The molecule has 3 N–H and O–H groups in total. The zero-order chi connectivity index (χ0) is 25.5. The molecule has 0 aliphatic carbocycles. The van der Waals surface area contributed by atoms with Crippen LogP contribution in [0.2, 0.25) is 0 Å². The number of para-hydroxylation sites is 1. The fourth-order valence-corrected chi connectivity index (χ4v) is 4.24. The number of amides is 2. The fraction of sp³-hybridized carbons (Fsp3) is 0.370. The van der Waals surface area contributed by atoms with Gasteiger partial charge in [-0.25, -0.2) is 0 Å². The molecule has 9 heteroatoms.